The number of methoxy groups -OCH3 is 1. The Morgan fingerprint density at radius 3 is 2.19 bits per heavy atom. The van der Waals surface area contributed by atoms with Crippen LogP contribution in [0.5, 0.6) is 5.75 Å². The van der Waals surface area contributed by atoms with Crippen molar-refractivity contribution in [2.24, 2.45) is 0 Å². The molecule has 2 aromatic carbocycles. The van der Waals surface area contributed by atoms with Crippen molar-refractivity contribution < 1.29 is 18.7 Å². The molecule has 0 aliphatic heterocycles. The highest BCUT2D eigenvalue weighted by atomic mass is 16.6. The zero-order valence-electron chi connectivity index (χ0n) is 15.3. The summed E-state index contributed by atoms with van der Waals surface area (Å²) in [6.45, 7) is 5.45. The molecule has 0 radical (unpaired) electrons. The van der Waals surface area contributed by atoms with E-state index in [4.69, 9.17) is 13.9 Å². The standard InChI is InChI=1S/C21H21NO4/c1-21(2,3)26-20(23)17-18(14-10-12-16(24-4)13-11-14)25-19(22-17)15-8-6-5-7-9-15/h5-13H,1-4H3. The van der Waals surface area contributed by atoms with Gasteiger partial charge in [0.2, 0.25) is 5.89 Å². The molecule has 0 aliphatic rings. The second-order valence-electron chi connectivity index (χ2n) is 6.79. The third-order valence-corrected chi connectivity index (χ3v) is 3.59. The Balaban J connectivity index is 2.07. The van der Waals surface area contributed by atoms with Gasteiger partial charge in [0.1, 0.15) is 11.4 Å². The highest BCUT2D eigenvalue weighted by Gasteiger charge is 2.27. The average Bonchev–Trinajstić information content (AvgIpc) is 3.07. The van der Waals surface area contributed by atoms with Crippen LogP contribution in [0.3, 0.4) is 0 Å². The van der Waals surface area contributed by atoms with Crippen molar-refractivity contribution in [2.75, 3.05) is 7.11 Å². The monoisotopic (exact) mass is 351 g/mol. The first-order chi connectivity index (χ1) is 12.4. The molecule has 0 aliphatic carbocycles. The molecule has 0 atom stereocenters. The van der Waals surface area contributed by atoms with Gasteiger partial charge in [-0.2, -0.15) is 0 Å². The Hall–Kier alpha value is -3.08. The summed E-state index contributed by atoms with van der Waals surface area (Å²) >= 11 is 0. The van der Waals surface area contributed by atoms with Gasteiger partial charge in [0, 0.05) is 11.1 Å². The molecule has 5 nitrogen and oxygen atoms in total. The Bertz CT molecular complexity index is 890. The number of carbonyl (C=O) groups excluding carboxylic acids is 1. The number of benzene rings is 2. The average molecular weight is 351 g/mol. The van der Waals surface area contributed by atoms with Gasteiger partial charge in [-0.05, 0) is 57.2 Å². The first-order valence-electron chi connectivity index (χ1n) is 8.31. The summed E-state index contributed by atoms with van der Waals surface area (Å²) in [5, 5.41) is 0. The van der Waals surface area contributed by atoms with Crippen LogP contribution >= 0.6 is 0 Å². The first kappa shape index (κ1) is 17.7. The lowest BCUT2D eigenvalue weighted by Gasteiger charge is -2.18. The maximum Gasteiger partial charge on any atom is 0.361 e. The molecule has 3 aromatic rings. The Labute approximate surface area is 152 Å². The Morgan fingerprint density at radius 1 is 0.962 bits per heavy atom. The van der Waals surface area contributed by atoms with Gasteiger partial charge in [-0.25, -0.2) is 9.78 Å². The van der Waals surface area contributed by atoms with Gasteiger partial charge in [0.25, 0.3) is 0 Å². The molecular weight excluding hydrogens is 330 g/mol. The van der Waals surface area contributed by atoms with Crippen molar-refractivity contribution in [1.82, 2.24) is 4.98 Å². The molecule has 0 saturated heterocycles. The molecule has 3 rings (SSSR count). The van der Waals surface area contributed by atoms with Crippen molar-refractivity contribution in [3.8, 4) is 28.5 Å². The third-order valence-electron chi connectivity index (χ3n) is 3.59. The lowest BCUT2D eigenvalue weighted by Crippen LogP contribution is -2.24. The van der Waals surface area contributed by atoms with Crippen LogP contribution < -0.4 is 4.74 Å². The third kappa shape index (κ3) is 3.94. The molecule has 0 N–H and O–H groups in total. The maximum absolute atomic E-state index is 12.7. The van der Waals surface area contributed by atoms with Crippen LogP contribution in [-0.2, 0) is 4.74 Å². The summed E-state index contributed by atoms with van der Waals surface area (Å²) in [4.78, 5) is 17.1. The van der Waals surface area contributed by atoms with Gasteiger partial charge < -0.3 is 13.9 Å². The minimum Gasteiger partial charge on any atom is -0.497 e. The fraction of sp³-hybridized carbons (Fsp3) is 0.238. The predicted octanol–water partition coefficient (Wildman–Crippen LogP) is 4.97. The van der Waals surface area contributed by atoms with Crippen LogP contribution in [0.1, 0.15) is 31.3 Å². The molecule has 0 saturated carbocycles. The summed E-state index contributed by atoms with van der Waals surface area (Å²) < 4.78 is 16.6. The second-order valence-corrected chi connectivity index (χ2v) is 6.79. The molecule has 0 amide bonds. The number of oxazole rings is 1. The van der Waals surface area contributed by atoms with E-state index in [1.165, 1.54) is 0 Å². The smallest absolute Gasteiger partial charge is 0.361 e. The molecule has 0 spiro atoms. The van der Waals surface area contributed by atoms with Crippen LogP contribution in [0, 0.1) is 0 Å². The quantitative estimate of drug-likeness (QED) is 0.621. The molecular formula is C21H21NO4. The van der Waals surface area contributed by atoms with Gasteiger partial charge in [0.15, 0.2) is 11.5 Å². The topological polar surface area (TPSA) is 61.6 Å². The molecule has 5 heteroatoms. The van der Waals surface area contributed by atoms with Gasteiger partial charge in [-0.3, -0.25) is 0 Å². The zero-order valence-corrected chi connectivity index (χ0v) is 15.3. The molecule has 0 bridgehead atoms. The van der Waals surface area contributed by atoms with Gasteiger partial charge in [-0.1, -0.05) is 18.2 Å². The fourth-order valence-electron chi connectivity index (χ4n) is 2.43. The summed E-state index contributed by atoms with van der Waals surface area (Å²) in [7, 11) is 1.60. The van der Waals surface area contributed by atoms with Crippen molar-refractivity contribution in [1.29, 1.82) is 0 Å². The van der Waals surface area contributed by atoms with Gasteiger partial charge in [-0.15, -0.1) is 0 Å². The van der Waals surface area contributed by atoms with E-state index in [9.17, 15) is 4.79 Å². The van der Waals surface area contributed by atoms with Crippen molar-refractivity contribution in [3.63, 3.8) is 0 Å². The Kier molecular flexibility index (Phi) is 4.80. The first-order valence-corrected chi connectivity index (χ1v) is 8.31. The summed E-state index contributed by atoms with van der Waals surface area (Å²) in [5.41, 5.74) is 1.04. The number of carbonyl (C=O) groups is 1. The minimum atomic E-state index is -0.625. The lowest BCUT2D eigenvalue weighted by molar-refractivity contribution is 0.00640. The van der Waals surface area contributed by atoms with E-state index in [1.807, 2.05) is 63.2 Å². The SMILES string of the molecule is COc1ccc(-c2oc(-c3ccccc3)nc2C(=O)OC(C)(C)C)cc1. The van der Waals surface area contributed by atoms with Crippen LogP contribution in [-0.4, -0.2) is 23.7 Å². The fourth-order valence-corrected chi connectivity index (χ4v) is 2.43. The lowest BCUT2D eigenvalue weighted by atomic mass is 10.1. The van der Waals surface area contributed by atoms with E-state index >= 15 is 0 Å². The van der Waals surface area contributed by atoms with E-state index in [0.717, 1.165) is 16.9 Å². The number of hydrogen-bond acceptors (Lipinski definition) is 5. The van der Waals surface area contributed by atoms with E-state index in [-0.39, 0.29) is 5.69 Å². The van der Waals surface area contributed by atoms with Crippen molar-refractivity contribution >= 4 is 5.97 Å². The number of aromatic nitrogens is 1. The number of rotatable bonds is 4. The van der Waals surface area contributed by atoms with Crippen molar-refractivity contribution in [3.05, 3.63) is 60.3 Å². The zero-order chi connectivity index (χ0) is 18.7. The number of esters is 1. The number of hydrogen-bond donors (Lipinski definition) is 0. The molecule has 0 fully saturated rings. The maximum atomic E-state index is 12.7. The molecule has 26 heavy (non-hydrogen) atoms. The van der Waals surface area contributed by atoms with Crippen LogP contribution in [0.15, 0.2) is 59.0 Å². The predicted molar refractivity (Wildman–Crippen MR) is 99.1 cm³/mol. The highest BCUT2D eigenvalue weighted by Crippen LogP contribution is 2.32. The number of nitrogens with zero attached hydrogens (tertiary/aromatic N) is 1. The van der Waals surface area contributed by atoms with E-state index in [2.05, 4.69) is 4.98 Å². The highest BCUT2D eigenvalue weighted by molar-refractivity contribution is 5.94. The van der Waals surface area contributed by atoms with Crippen LogP contribution in [0.2, 0.25) is 0 Å². The summed E-state index contributed by atoms with van der Waals surface area (Å²) in [6.07, 6.45) is 0. The second kappa shape index (κ2) is 7.04. The number of ether oxygens (including phenoxy) is 2. The molecule has 1 aromatic heterocycles. The largest absolute Gasteiger partial charge is 0.497 e. The van der Waals surface area contributed by atoms with Gasteiger partial charge >= 0.3 is 5.97 Å². The van der Waals surface area contributed by atoms with Crippen molar-refractivity contribution in [2.45, 2.75) is 26.4 Å². The van der Waals surface area contributed by atoms with Gasteiger partial charge in [0.05, 0.1) is 7.11 Å². The summed E-state index contributed by atoms with van der Waals surface area (Å²) in [5.74, 6) is 0.947. The van der Waals surface area contributed by atoms with Crippen LogP contribution in [0.4, 0.5) is 0 Å². The van der Waals surface area contributed by atoms with E-state index < -0.39 is 11.6 Å². The Morgan fingerprint density at radius 2 is 1.62 bits per heavy atom. The minimum absolute atomic E-state index is 0.156. The summed E-state index contributed by atoms with van der Waals surface area (Å²) in [6, 6.07) is 16.7. The van der Waals surface area contributed by atoms with E-state index in [1.54, 1.807) is 19.2 Å². The van der Waals surface area contributed by atoms with Crippen LogP contribution in [0.25, 0.3) is 22.8 Å². The molecule has 134 valence electrons. The normalized spacial score (nSPS) is 11.2. The molecule has 0 unspecified atom stereocenters. The van der Waals surface area contributed by atoms with E-state index in [0.29, 0.717) is 11.7 Å². The molecule has 1 heterocycles.